The van der Waals surface area contributed by atoms with Crippen molar-refractivity contribution < 1.29 is 0 Å². The van der Waals surface area contributed by atoms with E-state index in [1.165, 1.54) is 25.7 Å². The van der Waals surface area contributed by atoms with Crippen LogP contribution in [0.5, 0.6) is 0 Å². The van der Waals surface area contributed by atoms with Crippen LogP contribution in [0, 0.1) is 19.3 Å². The monoisotopic (exact) mass is 313 g/mol. The summed E-state index contributed by atoms with van der Waals surface area (Å²) >= 11 is 0. The van der Waals surface area contributed by atoms with E-state index in [2.05, 4.69) is 46.2 Å². The van der Waals surface area contributed by atoms with Crippen molar-refractivity contribution in [1.82, 2.24) is 20.0 Å². The lowest BCUT2D eigenvalue weighted by Crippen LogP contribution is -2.42. The zero-order valence-electron chi connectivity index (χ0n) is 14.7. The molecule has 23 heavy (non-hydrogen) atoms. The largest absolute Gasteiger partial charge is 0.355 e. The quantitative estimate of drug-likeness (QED) is 0.864. The van der Waals surface area contributed by atoms with E-state index < -0.39 is 0 Å². The molecule has 0 bridgehead atoms. The van der Waals surface area contributed by atoms with Gasteiger partial charge >= 0.3 is 0 Å². The molecule has 1 fully saturated rings. The molecule has 0 amide bonds. The lowest BCUT2D eigenvalue weighted by molar-refractivity contribution is 0.238. The van der Waals surface area contributed by atoms with Crippen LogP contribution in [0.3, 0.4) is 0 Å². The first kappa shape index (κ1) is 16.0. The third-order valence-electron chi connectivity index (χ3n) is 4.82. The molecule has 2 aromatic heterocycles. The Bertz CT molecular complexity index is 657. The van der Waals surface area contributed by atoms with Crippen molar-refractivity contribution in [3.8, 4) is 5.82 Å². The summed E-state index contributed by atoms with van der Waals surface area (Å²) in [6.45, 7) is 10.9. The minimum absolute atomic E-state index is 0.406. The number of rotatable bonds is 4. The summed E-state index contributed by atoms with van der Waals surface area (Å²) < 4.78 is 1.85. The molecule has 5 heteroatoms. The fourth-order valence-electron chi connectivity index (χ4n) is 3.78. The molecular weight excluding hydrogens is 286 g/mol. The zero-order valence-corrected chi connectivity index (χ0v) is 14.7. The Morgan fingerprint density at radius 1 is 1.17 bits per heavy atom. The number of piperidine rings is 1. The lowest BCUT2D eigenvalue weighted by Gasteiger charge is -2.41. The number of hydrogen-bond acceptors (Lipinski definition) is 4. The zero-order chi connectivity index (χ0) is 16.4. The van der Waals surface area contributed by atoms with E-state index >= 15 is 0 Å². The predicted molar refractivity (Wildman–Crippen MR) is 93.1 cm³/mol. The van der Waals surface area contributed by atoms with E-state index in [1.807, 2.05) is 24.6 Å². The Balaban J connectivity index is 1.78. The molecule has 1 atom stereocenters. The van der Waals surface area contributed by atoms with Crippen molar-refractivity contribution in [3.63, 3.8) is 0 Å². The Hall–Kier alpha value is -1.91. The highest BCUT2D eigenvalue weighted by atomic mass is 15.4. The number of aromatic nitrogens is 4. The molecule has 0 aromatic carbocycles. The van der Waals surface area contributed by atoms with Gasteiger partial charge in [0.2, 0.25) is 0 Å². The van der Waals surface area contributed by atoms with Gasteiger partial charge in [0, 0.05) is 18.8 Å². The number of anilines is 1. The molecule has 0 spiro atoms. The molecule has 1 aliphatic rings. The second-order valence-electron chi connectivity index (χ2n) is 7.17. The Kier molecular flexibility index (Phi) is 4.37. The van der Waals surface area contributed by atoms with Gasteiger partial charge < -0.3 is 4.90 Å². The van der Waals surface area contributed by atoms with Gasteiger partial charge in [-0.15, -0.1) is 10.2 Å². The summed E-state index contributed by atoms with van der Waals surface area (Å²) in [6, 6.07) is 6.15. The molecule has 0 radical (unpaired) electrons. The maximum atomic E-state index is 4.47. The molecule has 0 aliphatic carbocycles. The minimum Gasteiger partial charge on any atom is -0.355 e. The molecule has 3 rings (SSSR count). The van der Waals surface area contributed by atoms with Gasteiger partial charge in [-0.3, -0.25) is 0 Å². The molecule has 0 saturated carbocycles. The van der Waals surface area contributed by atoms with E-state index in [-0.39, 0.29) is 0 Å². The highest BCUT2D eigenvalue weighted by Crippen LogP contribution is 2.35. The fraction of sp³-hybridized carbons (Fsp3) is 0.611. The molecule has 5 nitrogen and oxygen atoms in total. The number of nitrogens with zero attached hydrogens (tertiary/aromatic N) is 5. The first-order valence-corrected chi connectivity index (χ1v) is 8.63. The molecule has 2 aromatic rings. The minimum atomic E-state index is 0.406. The predicted octanol–water partition coefficient (Wildman–Crippen LogP) is 3.69. The molecule has 1 saturated heterocycles. The molecule has 1 unspecified atom stereocenters. The normalized spacial score (nSPS) is 21.7. The Labute approximate surface area is 138 Å². The fourth-order valence-corrected chi connectivity index (χ4v) is 3.78. The third-order valence-corrected chi connectivity index (χ3v) is 4.82. The van der Waals surface area contributed by atoms with Crippen LogP contribution in [0.25, 0.3) is 5.82 Å². The summed E-state index contributed by atoms with van der Waals surface area (Å²) in [5, 5.41) is 13.3. The Morgan fingerprint density at radius 2 is 1.91 bits per heavy atom. The van der Waals surface area contributed by atoms with Gasteiger partial charge in [-0.25, -0.2) is 4.68 Å². The van der Waals surface area contributed by atoms with Crippen molar-refractivity contribution in [2.24, 2.45) is 5.41 Å². The van der Waals surface area contributed by atoms with Crippen LogP contribution in [0.1, 0.15) is 50.9 Å². The van der Waals surface area contributed by atoms with Crippen LogP contribution in [0.15, 0.2) is 18.2 Å². The topological polar surface area (TPSA) is 46.8 Å². The van der Waals surface area contributed by atoms with Crippen molar-refractivity contribution in [2.45, 2.75) is 53.4 Å². The van der Waals surface area contributed by atoms with Crippen LogP contribution >= 0.6 is 0 Å². The SMILES string of the molecule is CCCC1(C)CCCN(c2ccc(-n3nc(C)cc3C)nn2)C1. The molecule has 124 valence electrons. The second kappa shape index (κ2) is 6.30. The second-order valence-corrected chi connectivity index (χ2v) is 7.17. The molecule has 1 aliphatic heterocycles. The Morgan fingerprint density at radius 3 is 2.52 bits per heavy atom. The average Bonchev–Trinajstić information content (AvgIpc) is 2.86. The third kappa shape index (κ3) is 3.38. The maximum absolute atomic E-state index is 4.47. The van der Waals surface area contributed by atoms with Gasteiger partial charge in [0.1, 0.15) is 0 Å². The van der Waals surface area contributed by atoms with Crippen LogP contribution in [-0.2, 0) is 0 Å². The van der Waals surface area contributed by atoms with Crippen LogP contribution in [0.2, 0.25) is 0 Å². The smallest absolute Gasteiger partial charge is 0.176 e. The van der Waals surface area contributed by atoms with Gasteiger partial charge in [0.15, 0.2) is 11.6 Å². The van der Waals surface area contributed by atoms with Crippen molar-refractivity contribution >= 4 is 5.82 Å². The standard InChI is InChI=1S/C18H27N5/c1-5-9-18(4)10-6-11-22(13-18)16-7-8-17(20-19-16)23-15(3)12-14(2)21-23/h7-8,12H,5-6,9-11,13H2,1-4H3. The summed E-state index contributed by atoms with van der Waals surface area (Å²) in [4.78, 5) is 2.39. The van der Waals surface area contributed by atoms with Crippen LogP contribution in [0.4, 0.5) is 5.82 Å². The summed E-state index contributed by atoms with van der Waals surface area (Å²) in [5.74, 6) is 1.77. The van der Waals surface area contributed by atoms with Gasteiger partial charge in [-0.2, -0.15) is 5.10 Å². The van der Waals surface area contributed by atoms with E-state index in [4.69, 9.17) is 0 Å². The van der Waals surface area contributed by atoms with Crippen molar-refractivity contribution in [2.75, 3.05) is 18.0 Å². The molecule has 0 N–H and O–H groups in total. The van der Waals surface area contributed by atoms with Gasteiger partial charge in [0.25, 0.3) is 0 Å². The molecule has 3 heterocycles. The number of aryl methyl sites for hydroxylation is 2. The van der Waals surface area contributed by atoms with E-state index in [9.17, 15) is 0 Å². The average molecular weight is 313 g/mol. The summed E-state index contributed by atoms with van der Waals surface area (Å²) in [6.07, 6.45) is 5.07. The van der Waals surface area contributed by atoms with Gasteiger partial charge in [0.05, 0.1) is 5.69 Å². The van der Waals surface area contributed by atoms with E-state index in [1.54, 1.807) is 0 Å². The van der Waals surface area contributed by atoms with Crippen molar-refractivity contribution in [3.05, 3.63) is 29.6 Å². The number of hydrogen-bond donors (Lipinski definition) is 0. The first-order chi connectivity index (χ1) is 11.0. The van der Waals surface area contributed by atoms with Gasteiger partial charge in [-0.1, -0.05) is 20.3 Å². The summed E-state index contributed by atoms with van der Waals surface area (Å²) in [5.41, 5.74) is 2.49. The first-order valence-electron chi connectivity index (χ1n) is 8.63. The van der Waals surface area contributed by atoms with Crippen molar-refractivity contribution in [1.29, 1.82) is 0 Å². The van der Waals surface area contributed by atoms with Crippen LogP contribution < -0.4 is 4.90 Å². The van der Waals surface area contributed by atoms with E-state index in [0.717, 1.165) is 36.1 Å². The highest BCUT2D eigenvalue weighted by Gasteiger charge is 2.30. The van der Waals surface area contributed by atoms with Crippen LogP contribution in [-0.4, -0.2) is 33.1 Å². The summed E-state index contributed by atoms with van der Waals surface area (Å²) in [7, 11) is 0. The van der Waals surface area contributed by atoms with E-state index in [0.29, 0.717) is 5.41 Å². The van der Waals surface area contributed by atoms with Gasteiger partial charge in [-0.05, 0) is 56.7 Å². The highest BCUT2D eigenvalue weighted by molar-refractivity contribution is 5.41. The molecular formula is C18H27N5. The maximum Gasteiger partial charge on any atom is 0.176 e. The lowest BCUT2D eigenvalue weighted by atomic mass is 9.78.